The van der Waals surface area contributed by atoms with Crippen LogP contribution >= 0.6 is 15.9 Å². The quantitative estimate of drug-likeness (QED) is 0.860. The molecular formula is C11H12BrF2NO2S. The molecule has 1 N–H and O–H groups in total. The van der Waals surface area contributed by atoms with Crippen molar-refractivity contribution in [3.8, 4) is 0 Å². The SMILES string of the molecule is O=S(=O)(NC1CCCC1Br)c1ccc(F)c(F)c1. The Bertz CT molecular complexity index is 550. The zero-order valence-corrected chi connectivity index (χ0v) is 11.8. The van der Waals surface area contributed by atoms with Crippen LogP contribution in [0.3, 0.4) is 0 Å². The number of nitrogens with one attached hydrogen (secondary N) is 1. The zero-order valence-electron chi connectivity index (χ0n) is 9.37. The Morgan fingerprint density at radius 3 is 2.50 bits per heavy atom. The number of halogens is 3. The second kappa shape index (κ2) is 5.22. The molecule has 2 unspecified atom stereocenters. The molecule has 100 valence electrons. The molecule has 0 aliphatic heterocycles. The Kier molecular flexibility index (Phi) is 4.03. The number of hydrogen-bond donors (Lipinski definition) is 1. The lowest BCUT2D eigenvalue weighted by Crippen LogP contribution is -2.37. The molecule has 1 aliphatic rings. The molecule has 0 radical (unpaired) electrons. The van der Waals surface area contributed by atoms with Gasteiger partial charge in [0.15, 0.2) is 11.6 Å². The first-order valence-corrected chi connectivity index (χ1v) is 7.91. The smallest absolute Gasteiger partial charge is 0.207 e. The molecule has 2 atom stereocenters. The lowest BCUT2D eigenvalue weighted by Gasteiger charge is -2.16. The maximum absolute atomic E-state index is 13.0. The van der Waals surface area contributed by atoms with E-state index in [0.29, 0.717) is 6.07 Å². The van der Waals surface area contributed by atoms with E-state index in [-0.39, 0.29) is 15.8 Å². The average Bonchev–Trinajstić information content (AvgIpc) is 2.67. The molecule has 1 aliphatic carbocycles. The first kappa shape index (κ1) is 13.9. The Morgan fingerprint density at radius 2 is 1.94 bits per heavy atom. The fourth-order valence-corrected chi connectivity index (χ4v) is 4.18. The molecule has 0 amide bonds. The summed E-state index contributed by atoms with van der Waals surface area (Å²) in [5.41, 5.74) is 0. The topological polar surface area (TPSA) is 46.2 Å². The van der Waals surface area contributed by atoms with Gasteiger partial charge in [0, 0.05) is 10.9 Å². The van der Waals surface area contributed by atoms with Crippen LogP contribution in [0, 0.1) is 11.6 Å². The molecule has 18 heavy (non-hydrogen) atoms. The summed E-state index contributed by atoms with van der Waals surface area (Å²) in [7, 11) is -3.80. The van der Waals surface area contributed by atoms with E-state index in [9.17, 15) is 17.2 Å². The molecule has 1 aromatic carbocycles. The predicted molar refractivity (Wildman–Crippen MR) is 67.0 cm³/mol. The summed E-state index contributed by atoms with van der Waals surface area (Å²) < 4.78 is 52.2. The number of sulfonamides is 1. The summed E-state index contributed by atoms with van der Waals surface area (Å²) in [6.45, 7) is 0. The van der Waals surface area contributed by atoms with E-state index in [1.54, 1.807) is 0 Å². The van der Waals surface area contributed by atoms with Crippen molar-refractivity contribution in [2.75, 3.05) is 0 Å². The van der Waals surface area contributed by atoms with E-state index >= 15 is 0 Å². The fourth-order valence-electron chi connectivity index (χ4n) is 1.96. The normalized spacial score (nSPS) is 24.4. The third-order valence-corrected chi connectivity index (χ3v) is 5.52. The van der Waals surface area contributed by atoms with Crippen molar-refractivity contribution in [1.29, 1.82) is 0 Å². The summed E-state index contributed by atoms with van der Waals surface area (Å²) in [4.78, 5) is -0.175. The molecule has 0 spiro atoms. The van der Waals surface area contributed by atoms with Gasteiger partial charge in [-0.3, -0.25) is 0 Å². The van der Waals surface area contributed by atoms with Crippen LogP contribution in [-0.4, -0.2) is 19.3 Å². The highest BCUT2D eigenvalue weighted by atomic mass is 79.9. The van der Waals surface area contributed by atoms with Crippen LogP contribution < -0.4 is 4.72 Å². The van der Waals surface area contributed by atoms with Gasteiger partial charge in [0.05, 0.1) is 4.90 Å². The van der Waals surface area contributed by atoms with Crippen molar-refractivity contribution in [3.05, 3.63) is 29.8 Å². The molecule has 1 saturated carbocycles. The van der Waals surface area contributed by atoms with Gasteiger partial charge in [0.2, 0.25) is 10.0 Å². The number of alkyl halides is 1. The minimum absolute atomic E-state index is 0.0811. The van der Waals surface area contributed by atoms with Gasteiger partial charge >= 0.3 is 0 Å². The van der Waals surface area contributed by atoms with E-state index in [1.165, 1.54) is 0 Å². The maximum atomic E-state index is 13.0. The van der Waals surface area contributed by atoms with E-state index in [1.807, 2.05) is 0 Å². The number of benzene rings is 1. The van der Waals surface area contributed by atoms with Crippen LogP contribution in [0.2, 0.25) is 0 Å². The van der Waals surface area contributed by atoms with Crippen molar-refractivity contribution in [2.24, 2.45) is 0 Å². The van der Waals surface area contributed by atoms with Crippen LogP contribution in [-0.2, 0) is 10.0 Å². The second-order valence-electron chi connectivity index (χ2n) is 4.25. The van der Waals surface area contributed by atoms with Gasteiger partial charge in [-0.05, 0) is 31.0 Å². The molecule has 0 saturated heterocycles. The predicted octanol–water partition coefficient (Wildman–Crippen LogP) is 2.56. The highest BCUT2D eigenvalue weighted by Crippen LogP contribution is 2.27. The van der Waals surface area contributed by atoms with Gasteiger partial charge in [-0.2, -0.15) is 0 Å². The first-order valence-electron chi connectivity index (χ1n) is 5.51. The third kappa shape index (κ3) is 2.89. The maximum Gasteiger partial charge on any atom is 0.240 e. The lowest BCUT2D eigenvalue weighted by atomic mass is 10.3. The van der Waals surface area contributed by atoms with E-state index in [2.05, 4.69) is 20.7 Å². The van der Waals surface area contributed by atoms with Gasteiger partial charge < -0.3 is 0 Å². The van der Waals surface area contributed by atoms with Gasteiger partial charge in [0.1, 0.15) is 0 Å². The summed E-state index contributed by atoms with van der Waals surface area (Å²) >= 11 is 3.39. The van der Waals surface area contributed by atoms with Crippen molar-refractivity contribution in [2.45, 2.75) is 35.0 Å². The van der Waals surface area contributed by atoms with Crippen molar-refractivity contribution >= 4 is 26.0 Å². The minimum Gasteiger partial charge on any atom is -0.207 e. The molecule has 3 nitrogen and oxygen atoms in total. The fraction of sp³-hybridized carbons (Fsp3) is 0.455. The van der Waals surface area contributed by atoms with Gasteiger partial charge in [-0.25, -0.2) is 21.9 Å². The second-order valence-corrected chi connectivity index (χ2v) is 7.14. The molecular weight excluding hydrogens is 328 g/mol. The average molecular weight is 340 g/mol. The molecule has 2 rings (SSSR count). The molecule has 0 heterocycles. The summed E-state index contributed by atoms with van der Waals surface area (Å²) in [5, 5.41) is 0. The molecule has 0 aromatic heterocycles. The standard InChI is InChI=1S/C11H12BrF2NO2S/c12-8-2-1-3-11(8)15-18(16,17)7-4-5-9(13)10(14)6-7/h4-6,8,11,15H,1-3H2. The Labute approximate surface area is 113 Å². The highest BCUT2D eigenvalue weighted by molar-refractivity contribution is 9.09. The number of rotatable bonds is 3. The minimum atomic E-state index is -3.80. The van der Waals surface area contributed by atoms with Crippen LogP contribution in [0.25, 0.3) is 0 Å². The van der Waals surface area contributed by atoms with Gasteiger partial charge in [-0.15, -0.1) is 0 Å². The molecule has 1 fully saturated rings. The van der Waals surface area contributed by atoms with Crippen molar-refractivity contribution < 1.29 is 17.2 Å². The van der Waals surface area contributed by atoms with Crippen LogP contribution in [0.4, 0.5) is 8.78 Å². The highest BCUT2D eigenvalue weighted by Gasteiger charge is 2.29. The Balaban J connectivity index is 2.22. The lowest BCUT2D eigenvalue weighted by molar-refractivity contribution is 0.503. The summed E-state index contributed by atoms with van der Waals surface area (Å²) in [6.07, 6.45) is 2.56. The Morgan fingerprint density at radius 1 is 1.22 bits per heavy atom. The van der Waals surface area contributed by atoms with Gasteiger partial charge in [0.25, 0.3) is 0 Å². The molecule has 1 aromatic rings. The molecule has 7 heteroatoms. The summed E-state index contributed by atoms with van der Waals surface area (Å²) in [6, 6.07) is 2.35. The third-order valence-electron chi connectivity index (χ3n) is 2.94. The van der Waals surface area contributed by atoms with Gasteiger partial charge in [-0.1, -0.05) is 22.4 Å². The van der Waals surface area contributed by atoms with Crippen LogP contribution in [0.1, 0.15) is 19.3 Å². The number of hydrogen-bond acceptors (Lipinski definition) is 2. The van der Waals surface area contributed by atoms with Crippen LogP contribution in [0.5, 0.6) is 0 Å². The molecule has 0 bridgehead atoms. The Hall–Kier alpha value is -0.530. The monoisotopic (exact) mass is 339 g/mol. The van der Waals surface area contributed by atoms with Crippen LogP contribution in [0.15, 0.2) is 23.1 Å². The first-order chi connectivity index (χ1) is 8.40. The summed E-state index contributed by atoms with van der Waals surface area (Å²) in [5.74, 6) is -2.23. The van der Waals surface area contributed by atoms with E-state index in [4.69, 9.17) is 0 Å². The van der Waals surface area contributed by atoms with E-state index < -0.39 is 21.7 Å². The van der Waals surface area contributed by atoms with Crippen molar-refractivity contribution in [3.63, 3.8) is 0 Å². The largest absolute Gasteiger partial charge is 0.240 e. The van der Waals surface area contributed by atoms with Crippen molar-refractivity contribution in [1.82, 2.24) is 4.72 Å². The van der Waals surface area contributed by atoms with E-state index in [0.717, 1.165) is 31.4 Å². The zero-order chi connectivity index (χ0) is 13.3.